The zero-order valence-electron chi connectivity index (χ0n) is 11.5. The minimum Gasteiger partial charge on any atom is -0.442 e. The summed E-state index contributed by atoms with van der Waals surface area (Å²) in [5, 5.41) is 4.33. The fourth-order valence-electron chi connectivity index (χ4n) is 3.91. The van der Waals surface area contributed by atoms with Crippen LogP contribution in [0.4, 0.5) is 4.79 Å². The number of ether oxygens (including phenoxy) is 1. The van der Waals surface area contributed by atoms with E-state index < -0.39 is 0 Å². The molecule has 5 heteroatoms. The van der Waals surface area contributed by atoms with Crippen molar-refractivity contribution in [2.45, 2.75) is 50.4 Å². The van der Waals surface area contributed by atoms with Crippen molar-refractivity contribution in [3.63, 3.8) is 0 Å². The Bertz CT molecular complexity index is 484. The van der Waals surface area contributed by atoms with Gasteiger partial charge in [0.15, 0.2) is 0 Å². The van der Waals surface area contributed by atoms with Crippen LogP contribution in [0, 0.1) is 0 Å². The molecule has 0 unspecified atom stereocenters. The molecule has 2 atom stereocenters. The number of carbonyl (C=O) groups excluding carboxylic acids is 1. The third-order valence-electron chi connectivity index (χ3n) is 4.84. The maximum atomic E-state index is 12.1. The molecule has 1 aromatic heterocycles. The van der Waals surface area contributed by atoms with Crippen LogP contribution in [0.1, 0.15) is 31.2 Å². The van der Waals surface area contributed by atoms with Crippen molar-refractivity contribution in [1.82, 2.24) is 9.80 Å². The molecule has 108 valence electrons. The average molecular weight is 292 g/mol. The van der Waals surface area contributed by atoms with Crippen molar-refractivity contribution in [1.29, 1.82) is 0 Å². The highest BCUT2D eigenvalue weighted by molar-refractivity contribution is 7.07. The summed E-state index contributed by atoms with van der Waals surface area (Å²) in [7, 11) is 0. The van der Waals surface area contributed by atoms with Gasteiger partial charge in [-0.05, 0) is 35.2 Å². The molecule has 2 saturated heterocycles. The number of likely N-dealkylation sites (tertiary alicyclic amines) is 1. The summed E-state index contributed by atoms with van der Waals surface area (Å²) in [5.74, 6) is 0. The molecular formula is C15H20N2O2S. The van der Waals surface area contributed by atoms with E-state index in [-0.39, 0.29) is 18.2 Å². The number of amides is 1. The van der Waals surface area contributed by atoms with Crippen molar-refractivity contribution in [3.05, 3.63) is 22.4 Å². The van der Waals surface area contributed by atoms with Gasteiger partial charge in [0, 0.05) is 25.7 Å². The Morgan fingerprint density at radius 1 is 1.30 bits per heavy atom. The minimum atomic E-state index is -0.0675. The van der Waals surface area contributed by atoms with Gasteiger partial charge < -0.3 is 4.74 Å². The lowest BCUT2D eigenvalue weighted by atomic mass is 10.1. The predicted molar refractivity (Wildman–Crippen MR) is 77.7 cm³/mol. The summed E-state index contributed by atoms with van der Waals surface area (Å²) in [6.45, 7) is 2.82. The first-order valence-electron chi connectivity index (χ1n) is 7.53. The molecule has 1 amide bonds. The van der Waals surface area contributed by atoms with Crippen LogP contribution in [0.2, 0.25) is 0 Å². The average Bonchev–Trinajstić information content (AvgIpc) is 3.14. The first-order chi connectivity index (χ1) is 9.81. The molecule has 2 aliphatic heterocycles. The lowest BCUT2D eigenvalue weighted by molar-refractivity contribution is 0.113. The molecule has 3 heterocycles. The van der Waals surface area contributed by atoms with Crippen LogP contribution in [0.5, 0.6) is 0 Å². The Morgan fingerprint density at radius 2 is 2.15 bits per heavy atom. The lowest BCUT2D eigenvalue weighted by Crippen LogP contribution is -2.43. The van der Waals surface area contributed by atoms with Gasteiger partial charge >= 0.3 is 6.09 Å². The summed E-state index contributed by atoms with van der Waals surface area (Å²) in [4.78, 5) is 16.6. The van der Waals surface area contributed by atoms with E-state index in [9.17, 15) is 4.79 Å². The Morgan fingerprint density at radius 3 is 2.90 bits per heavy atom. The second-order valence-electron chi connectivity index (χ2n) is 6.16. The third kappa shape index (κ3) is 2.13. The Hall–Kier alpha value is -1.07. The van der Waals surface area contributed by atoms with Gasteiger partial charge in [-0.2, -0.15) is 11.3 Å². The lowest BCUT2D eigenvalue weighted by Gasteiger charge is -2.27. The van der Waals surface area contributed by atoms with E-state index in [1.165, 1.54) is 18.4 Å². The van der Waals surface area contributed by atoms with Crippen molar-refractivity contribution in [2.24, 2.45) is 0 Å². The smallest absolute Gasteiger partial charge is 0.410 e. The molecule has 0 spiro atoms. The van der Waals surface area contributed by atoms with Gasteiger partial charge in [-0.25, -0.2) is 4.79 Å². The quantitative estimate of drug-likeness (QED) is 0.858. The van der Waals surface area contributed by atoms with E-state index in [1.807, 2.05) is 0 Å². The molecule has 1 aromatic rings. The van der Waals surface area contributed by atoms with Crippen LogP contribution in [-0.2, 0) is 11.3 Å². The molecule has 0 radical (unpaired) electrons. The third-order valence-corrected chi connectivity index (χ3v) is 5.57. The Balaban J connectivity index is 1.45. The van der Waals surface area contributed by atoms with E-state index in [2.05, 4.69) is 26.6 Å². The zero-order chi connectivity index (χ0) is 13.5. The van der Waals surface area contributed by atoms with Crippen molar-refractivity contribution < 1.29 is 9.53 Å². The molecule has 3 aliphatic rings. The largest absolute Gasteiger partial charge is 0.442 e. The molecule has 4 rings (SSSR count). The van der Waals surface area contributed by atoms with Crippen LogP contribution in [-0.4, -0.2) is 47.2 Å². The van der Waals surface area contributed by atoms with Gasteiger partial charge in [-0.1, -0.05) is 12.8 Å². The Labute approximate surface area is 123 Å². The van der Waals surface area contributed by atoms with Crippen LogP contribution in [0.25, 0.3) is 0 Å². The number of nitrogens with zero attached hydrogens (tertiary/aromatic N) is 2. The molecular weight excluding hydrogens is 272 g/mol. The predicted octanol–water partition coefficient (Wildman–Crippen LogP) is 2.70. The molecule has 3 fully saturated rings. The van der Waals surface area contributed by atoms with Crippen molar-refractivity contribution >= 4 is 17.4 Å². The van der Waals surface area contributed by atoms with E-state index in [4.69, 9.17) is 4.74 Å². The van der Waals surface area contributed by atoms with E-state index in [0.717, 1.165) is 32.5 Å². The normalized spacial score (nSPS) is 31.0. The number of rotatable bonds is 3. The van der Waals surface area contributed by atoms with Crippen LogP contribution < -0.4 is 0 Å². The summed E-state index contributed by atoms with van der Waals surface area (Å²) in [6, 6.07) is 2.89. The topological polar surface area (TPSA) is 32.8 Å². The highest BCUT2D eigenvalue weighted by atomic mass is 32.1. The van der Waals surface area contributed by atoms with E-state index in [0.29, 0.717) is 6.04 Å². The highest BCUT2D eigenvalue weighted by Crippen LogP contribution is 2.34. The van der Waals surface area contributed by atoms with Gasteiger partial charge in [-0.15, -0.1) is 0 Å². The number of hydrogen-bond acceptors (Lipinski definition) is 4. The number of thiophene rings is 1. The first-order valence-corrected chi connectivity index (χ1v) is 8.48. The molecule has 0 aromatic carbocycles. The second kappa shape index (κ2) is 5.04. The van der Waals surface area contributed by atoms with Crippen molar-refractivity contribution in [2.75, 3.05) is 13.1 Å². The minimum absolute atomic E-state index is 0.0675. The monoisotopic (exact) mass is 292 g/mol. The van der Waals surface area contributed by atoms with Crippen LogP contribution in [0.3, 0.4) is 0 Å². The fraction of sp³-hybridized carbons (Fsp3) is 0.667. The summed E-state index contributed by atoms with van der Waals surface area (Å²) in [6.07, 6.45) is 4.84. The van der Waals surface area contributed by atoms with Gasteiger partial charge in [0.2, 0.25) is 0 Å². The first kappa shape index (κ1) is 12.7. The van der Waals surface area contributed by atoms with Gasteiger partial charge in [-0.3, -0.25) is 9.80 Å². The summed E-state index contributed by atoms with van der Waals surface area (Å²) in [5.41, 5.74) is 1.37. The number of hydrogen-bond donors (Lipinski definition) is 0. The zero-order valence-corrected chi connectivity index (χ0v) is 12.3. The van der Waals surface area contributed by atoms with Gasteiger partial charge in [0.25, 0.3) is 0 Å². The number of carbonyl (C=O) groups is 1. The van der Waals surface area contributed by atoms with Gasteiger partial charge in [0.05, 0.1) is 6.04 Å². The molecule has 0 bridgehead atoms. The number of fused-ring (bicyclic) bond motifs is 1. The maximum absolute atomic E-state index is 12.1. The second-order valence-corrected chi connectivity index (χ2v) is 6.94. The van der Waals surface area contributed by atoms with Crippen LogP contribution in [0.15, 0.2) is 16.8 Å². The SMILES string of the molecule is O=C1O[C@@H]2CN(Cc3ccsc3)C[C@@H]2N1C1CCCC1. The molecule has 0 N–H and O–H groups in total. The molecule has 4 nitrogen and oxygen atoms in total. The molecule has 1 saturated carbocycles. The maximum Gasteiger partial charge on any atom is 0.410 e. The summed E-state index contributed by atoms with van der Waals surface area (Å²) < 4.78 is 5.61. The van der Waals surface area contributed by atoms with Gasteiger partial charge in [0.1, 0.15) is 6.10 Å². The van der Waals surface area contributed by atoms with Crippen LogP contribution >= 0.6 is 11.3 Å². The Kier molecular flexibility index (Phi) is 3.19. The standard InChI is InChI=1S/C15H20N2O2S/c18-15-17(12-3-1-2-4-12)13-8-16(9-14(13)19-15)7-11-5-6-20-10-11/h5-6,10,12-14H,1-4,7-9H2/t13-,14+/m0/s1. The van der Waals surface area contributed by atoms with E-state index >= 15 is 0 Å². The fourth-order valence-corrected chi connectivity index (χ4v) is 4.57. The van der Waals surface area contributed by atoms with Crippen molar-refractivity contribution in [3.8, 4) is 0 Å². The van der Waals surface area contributed by atoms with E-state index in [1.54, 1.807) is 11.3 Å². The molecule has 20 heavy (non-hydrogen) atoms. The highest BCUT2D eigenvalue weighted by Gasteiger charge is 2.50. The summed E-state index contributed by atoms with van der Waals surface area (Å²) >= 11 is 1.74. The molecule has 1 aliphatic carbocycles.